The number of aromatic nitrogens is 4. The zero-order chi connectivity index (χ0) is 27.0. The summed E-state index contributed by atoms with van der Waals surface area (Å²) < 4.78 is 37.5. The molecule has 5 N–H and O–H groups in total. The van der Waals surface area contributed by atoms with Crippen molar-refractivity contribution in [2.24, 2.45) is 5.92 Å². The molecule has 15 heteroatoms. The van der Waals surface area contributed by atoms with Gasteiger partial charge in [-0.25, -0.2) is 9.55 Å². The van der Waals surface area contributed by atoms with Crippen LogP contribution in [0, 0.1) is 5.92 Å². The first kappa shape index (κ1) is 26.9. The molecule has 6 unspecified atom stereocenters. The molecule has 14 nitrogen and oxygen atoms in total. The lowest BCUT2D eigenvalue weighted by atomic mass is 10.0. The summed E-state index contributed by atoms with van der Waals surface area (Å²) in [7, 11) is -2.91. The molecule has 3 aromatic rings. The third kappa shape index (κ3) is 5.59. The molecule has 3 heterocycles. The number of anilines is 1. The number of para-hydroxylation sites is 1. The molecule has 200 valence electrons. The first-order valence-corrected chi connectivity index (χ1v) is 12.9. The Balaban J connectivity index is 1.55. The van der Waals surface area contributed by atoms with E-state index in [-0.39, 0.29) is 17.6 Å². The molecular weight excluding hydrogens is 507 g/mol. The zero-order valence-corrected chi connectivity index (χ0v) is 21.5. The standard InChI is InChI=1S/C22H29N6O8P/c1-12-17(30)15(35-20(12)28-11-24-16-18(28)25-21(23)26-19(16)33-4)10-34-37(32,27-22(3,31)13(2)29)36-14-8-6-5-7-9-14/h5-9,11-12,15,17,20,30-31H,10H2,1-4H3,(H,27,32)(H2,23,25,26). The number of carbonyl (C=O) groups is 1. The van der Waals surface area contributed by atoms with Gasteiger partial charge in [-0.1, -0.05) is 25.1 Å². The first-order chi connectivity index (χ1) is 17.4. The molecule has 1 aliphatic heterocycles. The van der Waals surface area contributed by atoms with Crippen molar-refractivity contribution in [1.29, 1.82) is 0 Å². The maximum atomic E-state index is 13.6. The van der Waals surface area contributed by atoms with Gasteiger partial charge in [-0.2, -0.15) is 15.1 Å². The lowest BCUT2D eigenvalue weighted by molar-refractivity contribution is -0.135. The first-order valence-electron chi connectivity index (χ1n) is 11.3. The number of nitrogens with two attached hydrogens (primary N) is 1. The predicted molar refractivity (Wildman–Crippen MR) is 130 cm³/mol. The number of hydrogen-bond acceptors (Lipinski definition) is 12. The van der Waals surface area contributed by atoms with E-state index in [4.69, 9.17) is 24.3 Å². The highest BCUT2D eigenvalue weighted by Gasteiger charge is 2.45. The molecule has 0 spiro atoms. The van der Waals surface area contributed by atoms with Crippen molar-refractivity contribution in [1.82, 2.24) is 24.6 Å². The smallest absolute Gasteiger partial charge is 0.461 e. The molecule has 2 aromatic heterocycles. The van der Waals surface area contributed by atoms with Crippen LogP contribution >= 0.6 is 7.75 Å². The lowest BCUT2D eigenvalue weighted by Gasteiger charge is -2.28. The molecule has 4 rings (SSSR count). The Hall–Kier alpha value is -3.13. The molecule has 0 radical (unpaired) electrons. The fourth-order valence-electron chi connectivity index (χ4n) is 3.80. The van der Waals surface area contributed by atoms with Crippen LogP contribution in [0.5, 0.6) is 11.6 Å². The second kappa shape index (κ2) is 10.3. The number of benzene rings is 1. The third-order valence-corrected chi connectivity index (χ3v) is 7.63. The van der Waals surface area contributed by atoms with Crippen LogP contribution in [0.4, 0.5) is 5.95 Å². The highest BCUT2D eigenvalue weighted by atomic mass is 31.2. The number of imidazole rings is 1. The predicted octanol–water partition coefficient (Wildman–Crippen LogP) is 1.40. The van der Waals surface area contributed by atoms with E-state index in [1.165, 1.54) is 25.6 Å². The minimum absolute atomic E-state index is 0.0280. The highest BCUT2D eigenvalue weighted by Crippen LogP contribution is 2.47. The van der Waals surface area contributed by atoms with Crippen LogP contribution in [-0.4, -0.2) is 67.2 Å². The van der Waals surface area contributed by atoms with Gasteiger partial charge in [0.15, 0.2) is 22.7 Å². The van der Waals surface area contributed by atoms with Crippen LogP contribution in [0.3, 0.4) is 0 Å². The molecule has 0 aliphatic carbocycles. The number of rotatable bonds is 10. The van der Waals surface area contributed by atoms with Crippen LogP contribution in [0.2, 0.25) is 0 Å². The number of ketones is 1. The number of nitrogen functional groups attached to an aromatic ring is 1. The highest BCUT2D eigenvalue weighted by molar-refractivity contribution is 7.52. The van der Waals surface area contributed by atoms with E-state index >= 15 is 0 Å². The molecule has 0 saturated carbocycles. The van der Waals surface area contributed by atoms with E-state index in [0.717, 1.165) is 13.8 Å². The largest absolute Gasteiger partial charge is 0.479 e. The van der Waals surface area contributed by atoms with Crippen molar-refractivity contribution >= 4 is 30.6 Å². The monoisotopic (exact) mass is 536 g/mol. The van der Waals surface area contributed by atoms with Crippen LogP contribution in [-0.2, 0) is 18.6 Å². The van der Waals surface area contributed by atoms with Crippen molar-refractivity contribution in [3.8, 4) is 11.6 Å². The van der Waals surface area contributed by atoms with Gasteiger partial charge >= 0.3 is 7.75 Å². The fraction of sp³-hybridized carbons (Fsp3) is 0.455. The topological polar surface area (TPSA) is 193 Å². The van der Waals surface area contributed by atoms with E-state index in [9.17, 15) is 19.6 Å². The minimum Gasteiger partial charge on any atom is -0.479 e. The third-order valence-electron chi connectivity index (χ3n) is 5.98. The number of nitrogens with zero attached hydrogens (tertiary/aromatic N) is 4. The number of Topliss-reactive ketones (excluding diaryl/α,β-unsaturated/α-hetero) is 1. The van der Waals surface area contributed by atoms with Crippen molar-refractivity contribution in [2.75, 3.05) is 19.5 Å². The summed E-state index contributed by atoms with van der Waals surface area (Å²) in [6.45, 7) is 3.60. The minimum atomic E-state index is -4.34. The normalized spacial score (nSPS) is 24.9. The average Bonchev–Trinajstić information content (AvgIpc) is 3.38. The van der Waals surface area contributed by atoms with E-state index < -0.39 is 50.2 Å². The van der Waals surface area contributed by atoms with Gasteiger partial charge in [0.05, 0.1) is 26.1 Å². The van der Waals surface area contributed by atoms with Crippen molar-refractivity contribution in [2.45, 2.75) is 44.9 Å². The Bertz CT molecular complexity index is 1320. The second-order valence-electron chi connectivity index (χ2n) is 8.77. The summed E-state index contributed by atoms with van der Waals surface area (Å²) in [4.78, 5) is 24.4. The van der Waals surface area contributed by atoms with Crippen molar-refractivity contribution < 1.29 is 38.1 Å². The number of aliphatic hydroxyl groups excluding tert-OH is 1. The van der Waals surface area contributed by atoms with E-state index in [1.807, 2.05) is 0 Å². The Morgan fingerprint density at radius 2 is 2.03 bits per heavy atom. The van der Waals surface area contributed by atoms with Crippen LogP contribution in [0.25, 0.3) is 11.2 Å². The van der Waals surface area contributed by atoms with Gasteiger partial charge in [0.25, 0.3) is 0 Å². The molecule has 1 fully saturated rings. The molecule has 37 heavy (non-hydrogen) atoms. The van der Waals surface area contributed by atoms with Crippen molar-refractivity contribution in [3.63, 3.8) is 0 Å². The van der Waals surface area contributed by atoms with E-state index in [0.29, 0.717) is 11.2 Å². The number of hydrogen-bond donors (Lipinski definition) is 4. The average molecular weight is 536 g/mol. The molecule has 0 bridgehead atoms. The number of nitrogens with one attached hydrogen (secondary N) is 1. The quantitative estimate of drug-likeness (QED) is 0.215. The number of carbonyl (C=O) groups excluding carboxylic acids is 1. The fourth-order valence-corrected chi connectivity index (χ4v) is 5.40. The maximum absolute atomic E-state index is 13.6. The second-order valence-corrected chi connectivity index (χ2v) is 10.4. The van der Waals surface area contributed by atoms with E-state index in [1.54, 1.807) is 29.7 Å². The van der Waals surface area contributed by atoms with Crippen molar-refractivity contribution in [3.05, 3.63) is 36.7 Å². The summed E-state index contributed by atoms with van der Waals surface area (Å²) in [5, 5.41) is 23.6. The summed E-state index contributed by atoms with van der Waals surface area (Å²) in [5.41, 5.74) is 4.29. The van der Waals surface area contributed by atoms with Crippen LogP contribution < -0.4 is 20.1 Å². The van der Waals surface area contributed by atoms with Crippen LogP contribution in [0.1, 0.15) is 27.0 Å². The SMILES string of the molecule is COc1nc(N)nc2c1ncn2C1OC(COP(=O)(NC(C)(O)C(C)=O)Oc2ccccc2)C(O)C1C. The van der Waals surface area contributed by atoms with Gasteiger partial charge in [0, 0.05) is 5.92 Å². The number of methoxy groups -OCH3 is 1. The summed E-state index contributed by atoms with van der Waals surface area (Å²) in [5.74, 6) is -0.846. The van der Waals surface area contributed by atoms with Gasteiger partial charge in [0.1, 0.15) is 18.1 Å². The Morgan fingerprint density at radius 1 is 1.32 bits per heavy atom. The van der Waals surface area contributed by atoms with Gasteiger partial charge in [-0.3, -0.25) is 13.9 Å². The van der Waals surface area contributed by atoms with Gasteiger partial charge in [-0.05, 0) is 26.0 Å². The number of ether oxygens (including phenoxy) is 2. The molecular formula is C22H29N6O8P. The Kier molecular flexibility index (Phi) is 7.51. The maximum Gasteiger partial charge on any atom is 0.461 e. The van der Waals surface area contributed by atoms with Crippen LogP contribution in [0.15, 0.2) is 36.7 Å². The summed E-state index contributed by atoms with van der Waals surface area (Å²) >= 11 is 0. The van der Waals surface area contributed by atoms with Gasteiger partial charge in [0.2, 0.25) is 11.8 Å². The molecule has 0 amide bonds. The van der Waals surface area contributed by atoms with Gasteiger partial charge in [-0.15, -0.1) is 0 Å². The Morgan fingerprint density at radius 3 is 2.68 bits per heavy atom. The number of fused-ring (bicyclic) bond motifs is 1. The zero-order valence-electron chi connectivity index (χ0n) is 20.6. The summed E-state index contributed by atoms with van der Waals surface area (Å²) in [6, 6.07) is 8.10. The van der Waals surface area contributed by atoms with E-state index in [2.05, 4.69) is 20.0 Å². The molecule has 1 aliphatic rings. The summed E-state index contributed by atoms with van der Waals surface area (Å²) in [6.07, 6.45) is -1.29. The number of aliphatic hydroxyl groups is 2. The molecule has 1 aromatic carbocycles. The lowest BCUT2D eigenvalue weighted by Crippen LogP contribution is -2.47. The van der Waals surface area contributed by atoms with Gasteiger partial charge < -0.3 is 29.9 Å². The molecule has 6 atom stereocenters. The molecule has 1 saturated heterocycles. The Labute approximate surface area is 212 Å².